The summed E-state index contributed by atoms with van der Waals surface area (Å²) < 4.78 is 0. The number of rotatable bonds is 7. The average Bonchev–Trinajstić information content (AvgIpc) is 2.60. The predicted molar refractivity (Wildman–Crippen MR) is 103 cm³/mol. The molecule has 0 fully saturated rings. The molecule has 142 valence electrons. The van der Waals surface area contributed by atoms with Crippen LogP contribution >= 0.6 is 0 Å². The molecule has 0 aromatic carbocycles. The Morgan fingerprint density at radius 1 is 1.27 bits per heavy atom. The molecule has 5 heteroatoms. The van der Waals surface area contributed by atoms with Crippen LogP contribution in [0.5, 0.6) is 0 Å². The van der Waals surface area contributed by atoms with Gasteiger partial charge in [0.25, 0.3) is 0 Å². The maximum Gasteiger partial charge on any atom is 0.220 e. The van der Waals surface area contributed by atoms with Crippen LogP contribution < -0.4 is 10.6 Å². The highest BCUT2D eigenvalue weighted by Gasteiger charge is 2.32. The molecule has 0 bridgehead atoms. The van der Waals surface area contributed by atoms with Crippen molar-refractivity contribution in [1.29, 1.82) is 0 Å². The van der Waals surface area contributed by atoms with E-state index in [1.165, 1.54) is 5.57 Å². The number of nitrogens with one attached hydrogen (secondary N) is 2. The van der Waals surface area contributed by atoms with E-state index in [0.717, 1.165) is 12.1 Å². The molecule has 26 heavy (non-hydrogen) atoms. The highest BCUT2D eigenvalue weighted by Crippen LogP contribution is 2.38. The van der Waals surface area contributed by atoms with E-state index >= 15 is 0 Å². The summed E-state index contributed by atoms with van der Waals surface area (Å²) in [6.07, 6.45) is 5.49. The zero-order chi connectivity index (χ0) is 19.1. The van der Waals surface area contributed by atoms with E-state index in [0.29, 0.717) is 37.3 Å². The van der Waals surface area contributed by atoms with Crippen LogP contribution in [-0.4, -0.2) is 23.3 Å². The van der Waals surface area contributed by atoms with Gasteiger partial charge in [-0.15, -0.1) is 0 Å². The number of hydrogen-bond acceptors (Lipinski definition) is 3. The molecular weight excluding hydrogens is 326 g/mol. The summed E-state index contributed by atoms with van der Waals surface area (Å²) in [6.45, 7) is 9.24. The number of carbonyl (C=O) groups is 2. The van der Waals surface area contributed by atoms with Gasteiger partial charge in [0.2, 0.25) is 11.8 Å². The van der Waals surface area contributed by atoms with Crippen molar-refractivity contribution in [2.24, 2.45) is 23.7 Å². The Balaban J connectivity index is 1.94. The van der Waals surface area contributed by atoms with Crippen molar-refractivity contribution in [1.82, 2.24) is 15.6 Å². The number of carbonyl (C=O) groups excluding carboxylic acids is 2. The van der Waals surface area contributed by atoms with Crippen LogP contribution in [0.1, 0.15) is 46.2 Å². The third-order valence-corrected chi connectivity index (χ3v) is 5.30. The van der Waals surface area contributed by atoms with Crippen molar-refractivity contribution >= 4 is 11.8 Å². The fraction of sp³-hybridized carbons (Fsp3) is 0.571. The van der Waals surface area contributed by atoms with Gasteiger partial charge in [0.15, 0.2) is 0 Å². The second kappa shape index (κ2) is 9.51. The van der Waals surface area contributed by atoms with Crippen LogP contribution in [0.25, 0.3) is 0 Å². The van der Waals surface area contributed by atoms with Gasteiger partial charge in [-0.3, -0.25) is 14.6 Å². The minimum absolute atomic E-state index is 0.00887. The van der Waals surface area contributed by atoms with E-state index < -0.39 is 0 Å². The summed E-state index contributed by atoms with van der Waals surface area (Å²) in [5.74, 6) is 1.66. The number of amides is 2. The summed E-state index contributed by atoms with van der Waals surface area (Å²) in [7, 11) is 0. The van der Waals surface area contributed by atoms with Gasteiger partial charge in [0.1, 0.15) is 0 Å². The molecule has 3 unspecified atom stereocenters. The molecule has 1 aromatic heterocycles. The lowest BCUT2D eigenvalue weighted by Crippen LogP contribution is -2.37. The summed E-state index contributed by atoms with van der Waals surface area (Å²) in [4.78, 5) is 27.9. The van der Waals surface area contributed by atoms with E-state index in [2.05, 4.69) is 42.5 Å². The minimum Gasteiger partial charge on any atom is -0.356 e. The monoisotopic (exact) mass is 357 g/mol. The van der Waals surface area contributed by atoms with Crippen LogP contribution in [0.15, 0.2) is 36.0 Å². The Morgan fingerprint density at radius 2 is 2.04 bits per heavy atom. The lowest BCUT2D eigenvalue weighted by atomic mass is 9.69. The van der Waals surface area contributed by atoms with Gasteiger partial charge in [-0.1, -0.05) is 31.6 Å². The molecule has 0 radical (unpaired) electrons. The molecule has 1 aromatic rings. The number of nitrogens with zero attached hydrogens (tertiary/aromatic N) is 1. The highest BCUT2D eigenvalue weighted by molar-refractivity contribution is 5.76. The smallest absolute Gasteiger partial charge is 0.220 e. The molecule has 1 heterocycles. The summed E-state index contributed by atoms with van der Waals surface area (Å²) in [5, 5.41) is 5.92. The fourth-order valence-electron chi connectivity index (χ4n) is 3.76. The summed E-state index contributed by atoms with van der Waals surface area (Å²) in [5.41, 5.74) is 2.12. The van der Waals surface area contributed by atoms with Crippen molar-refractivity contribution in [2.75, 3.05) is 6.54 Å². The molecule has 2 N–H and O–H groups in total. The molecule has 0 spiro atoms. The first-order chi connectivity index (χ1) is 12.4. The largest absolute Gasteiger partial charge is 0.356 e. The van der Waals surface area contributed by atoms with Gasteiger partial charge in [-0.2, -0.15) is 0 Å². The van der Waals surface area contributed by atoms with Crippen molar-refractivity contribution in [2.45, 2.75) is 47.1 Å². The Bertz CT molecular complexity index is 640. The topological polar surface area (TPSA) is 71.1 Å². The van der Waals surface area contributed by atoms with Gasteiger partial charge < -0.3 is 10.6 Å². The molecule has 0 saturated heterocycles. The lowest BCUT2D eigenvalue weighted by Gasteiger charge is -2.37. The lowest BCUT2D eigenvalue weighted by molar-refractivity contribution is -0.122. The summed E-state index contributed by atoms with van der Waals surface area (Å²) >= 11 is 0. The van der Waals surface area contributed by atoms with Crippen LogP contribution in [0.2, 0.25) is 0 Å². The molecule has 1 aliphatic rings. The predicted octanol–water partition coefficient (Wildman–Crippen LogP) is 3.08. The normalized spacial score (nSPS) is 22.7. The fourth-order valence-corrected chi connectivity index (χ4v) is 3.76. The van der Waals surface area contributed by atoms with Crippen molar-refractivity contribution in [3.05, 3.63) is 41.7 Å². The van der Waals surface area contributed by atoms with Gasteiger partial charge in [-0.05, 0) is 49.1 Å². The first kappa shape index (κ1) is 20.1. The zero-order valence-electron chi connectivity index (χ0n) is 16.3. The first-order valence-electron chi connectivity index (χ1n) is 9.46. The second-order valence-electron chi connectivity index (χ2n) is 7.65. The highest BCUT2D eigenvalue weighted by atomic mass is 16.2. The van der Waals surface area contributed by atoms with Gasteiger partial charge in [-0.25, -0.2) is 0 Å². The number of aromatic nitrogens is 1. The number of allylic oxidation sites excluding steroid dienone is 1. The SMILES string of the molecule is CC(=O)NCC1C=C(C)C(CC(=O)NCc2ccccn2)CC1C(C)C. The van der Waals surface area contributed by atoms with E-state index in [1.807, 2.05) is 18.2 Å². The van der Waals surface area contributed by atoms with Crippen molar-refractivity contribution in [3.63, 3.8) is 0 Å². The van der Waals surface area contributed by atoms with E-state index in [1.54, 1.807) is 13.1 Å². The van der Waals surface area contributed by atoms with E-state index in [4.69, 9.17) is 0 Å². The number of pyridine rings is 1. The minimum atomic E-state index is 0.00887. The van der Waals surface area contributed by atoms with Crippen LogP contribution in [0, 0.1) is 23.7 Å². The van der Waals surface area contributed by atoms with Crippen molar-refractivity contribution < 1.29 is 9.59 Å². The third-order valence-electron chi connectivity index (χ3n) is 5.30. The molecule has 0 aliphatic heterocycles. The quantitative estimate of drug-likeness (QED) is 0.737. The molecule has 0 saturated carbocycles. The third kappa shape index (κ3) is 5.97. The Morgan fingerprint density at radius 3 is 2.65 bits per heavy atom. The molecule has 2 amide bonds. The Labute approximate surface area is 156 Å². The molecule has 1 aliphatic carbocycles. The van der Waals surface area contributed by atoms with Gasteiger partial charge in [0.05, 0.1) is 12.2 Å². The van der Waals surface area contributed by atoms with Crippen LogP contribution in [-0.2, 0) is 16.1 Å². The molecular formula is C21H31N3O2. The van der Waals surface area contributed by atoms with Crippen molar-refractivity contribution in [3.8, 4) is 0 Å². The molecule has 3 atom stereocenters. The zero-order valence-corrected chi connectivity index (χ0v) is 16.3. The Hall–Kier alpha value is -2.17. The number of hydrogen-bond donors (Lipinski definition) is 2. The van der Waals surface area contributed by atoms with Gasteiger partial charge in [0, 0.05) is 26.1 Å². The molecule has 2 rings (SSSR count). The maximum absolute atomic E-state index is 12.4. The summed E-state index contributed by atoms with van der Waals surface area (Å²) in [6, 6.07) is 5.70. The Kier molecular flexibility index (Phi) is 7.37. The maximum atomic E-state index is 12.4. The van der Waals surface area contributed by atoms with E-state index in [-0.39, 0.29) is 17.7 Å². The van der Waals surface area contributed by atoms with E-state index in [9.17, 15) is 9.59 Å². The molecule has 5 nitrogen and oxygen atoms in total. The van der Waals surface area contributed by atoms with Crippen LogP contribution in [0.4, 0.5) is 0 Å². The van der Waals surface area contributed by atoms with Crippen LogP contribution in [0.3, 0.4) is 0 Å². The van der Waals surface area contributed by atoms with Gasteiger partial charge >= 0.3 is 0 Å². The standard InChI is InChI=1S/C21H31N3O2/c1-14(2)20-10-17(15(3)9-18(20)12-23-16(4)25)11-21(26)24-13-19-7-5-6-8-22-19/h5-9,14,17-18,20H,10-13H2,1-4H3,(H,23,25)(H,24,26). The second-order valence-corrected chi connectivity index (χ2v) is 7.65. The first-order valence-corrected chi connectivity index (χ1v) is 9.46. The average molecular weight is 357 g/mol.